The van der Waals surface area contributed by atoms with Gasteiger partial charge in [-0.3, -0.25) is 24.0 Å². The number of Topliss-reactive ketones (excluding diaryl/α,β-unsaturated/α-hetero) is 1. The van der Waals surface area contributed by atoms with Crippen molar-refractivity contribution in [2.24, 2.45) is 0 Å². The van der Waals surface area contributed by atoms with Gasteiger partial charge >= 0.3 is 29.8 Å². The van der Waals surface area contributed by atoms with E-state index in [9.17, 15) is 28.8 Å². The standard InChI is InChI=1S/C26H29NO13/c1-11(28)20-18(8-7-16-9-17(25(33)34-6)27-21(16)20)39-26-24(38-15(5)32)23(37-14(4)31)22(36-13(3)30)19(40-26)10-35-12(2)29/h7-9,19,22-24,26-27H,10H2,1-6H3/t19-,22+,23?,24-,26-/m1/s1. The summed E-state index contributed by atoms with van der Waals surface area (Å²) in [6.07, 6.45) is -7.11. The number of aromatic amines is 1. The molecule has 1 unspecified atom stereocenters. The van der Waals surface area contributed by atoms with Crippen molar-refractivity contribution in [3.05, 3.63) is 29.5 Å². The van der Waals surface area contributed by atoms with Gasteiger partial charge in [0.25, 0.3) is 0 Å². The van der Waals surface area contributed by atoms with E-state index >= 15 is 0 Å². The smallest absolute Gasteiger partial charge is 0.354 e. The summed E-state index contributed by atoms with van der Waals surface area (Å²) in [4.78, 5) is 75.1. The number of nitrogens with one attached hydrogen (secondary N) is 1. The Kier molecular flexibility index (Phi) is 9.47. The molecular formula is C26H29NO13. The van der Waals surface area contributed by atoms with Crippen molar-refractivity contribution in [1.82, 2.24) is 4.98 Å². The third-order valence-corrected chi connectivity index (χ3v) is 5.71. The molecule has 3 rings (SSSR count). The summed E-state index contributed by atoms with van der Waals surface area (Å²) in [5.74, 6) is -4.23. The lowest BCUT2D eigenvalue weighted by Crippen LogP contribution is -2.63. The molecule has 1 fully saturated rings. The second-order valence-electron chi connectivity index (χ2n) is 8.82. The van der Waals surface area contributed by atoms with Crippen molar-refractivity contribution < 1.29 is 61.9 Å². The van der Waals surface area contributed by atoms with E-state index in [-0.39, 0.29) is 22.5 Å². The average Bonchev–Trinajstić information content (AvgIpc) is 3.29. The predicted octanol–water partition coefficient (Wildman–Crippen LogP) is 1.62. The minimum absolute atomic E-state index is 0.0282. The van der Waals surface area contributed by atoms with Crippen LogP contribution < -0.4 is 4.74 Å². The lowest BCUT2D eigenvalue weighted by Gasteiger charge is -2.44. The van der Waals surface area contributed by atoms with Gasteiger partial charge in [0, 0.05) is 33.1 Å². The van der Waals surface area contributed by atoms with Gasteiger partial charge in [0.15, 0.2) is 18.0 Å². The van der Waals surface area contributed by atoms with Gasteiger partial charge in [-0.25, -0.2) is 4.79 Å². The molecule has 0 saturated carbocycles. The number of aromatic nitrogens is 1. The first-order chi connectivity index (χ1) is 18.8. The Morgan fingerprint density at radius 3 is 1.98 bits per heavy atom. The van der Waals surface area contributed by atoms with Gasteiger partial charge in [-0.2, -0.15) is 0 Å². The van der Waals surface area contributed by atoms with Crippen LogP contribution in [0.4, 0.5) is 0 Å². The largest absolute Gasteiger partial charge is 0.464 e. The van der Waals surface area contributed by atoms with Crippen LogP contribution in [0.3, 0.4) is 0 Å². The molecule has 1 aliphatic rings. The van der Waals surface area contributed by atoms with E-state index in [2.05, 4.69) is 4.98 Å². The molecule has 0 bridgehead atoms. The van der Waals surface area contributed by atoms with Crippen molar-refractivity contribution in [3.8, 4) is 5.75 Å². The van der Waals surface area contributed by atoms with Gasteiger partial charge in [0.1, 0.15) is 24.2 Å². The Bertz CT molecular complexity index is 1330. The molecule has 0 radical (unpaired) electrons. The number of H-pyrrole nitrogens is 1. The van der Waals surface area contributed by atoms with Crippen LogP contribution in [0, 0.1) is 0 Å². The molecule has 0 aliphatic carbocycles. The van der Waals surface area contributed by atoms with E-state index in [0.29, 0.717) is 5.39 Å². The molecule has 14 nitrogen and oxygen atoms in total. The highest BCUT2D eigenvalue weighted by Gasteiger charge is 2.53. The number of ether oxygens (including phenoxy) is 7. The van der Waals surface area contributed by atoms with Crippen molar-refractivity contribution in [2.45, 2.75) is 65.3 Å². The van der Waals surface area contributed by atoms with Crippen molar-refractivity contribution in [1.29, 1.82) is 0 Å². The van der Waals surface area contributed by atoms with Crippen LogP contribution in [0.1, 0.15) is 55.5 Å². The number of rotatable bonds is 9. The Labute approximate surface area is 228 Å². The topological polar surface area (TPSA) is 183 Å². The van der Waals surface area contributed by atoms with E-state index in [0.717, 1.165) is 27.7 Å². The van der Waals surface area contributed by atoms with E-state index < -0.39 is 72.9 Å². The predicted molar refractivity (Wildman–Crippen MR) is 132 cm³/mol. The number of carbonyl (C=O) groups is 6. The molecule has 14 heteroatoms. The summed E-state index contributed by atoms with van der Waals surface area (Å²) in [5.41, 5.74) is 0.376. The first-order valence-corrected chi connectivity index (χ1v) is 12.0. The normalized spacial score (nSPS) is 22.1. The number of esters is 5. The van der Waals surface area contributed by atoms with Crippen LogP contribution in [-0.4, -0.2) is 85.0 Å². The second kappa shape index (κ2) is 12.6. The molecule has 1 aromatic carbocycles. The summed E-state index contributed by atoms with van der Waals surface area (Å²) in [5, 5.41) is 0.500. The first-order valence-electron chi connectivity index (χ1n) is 12.0. The Morgan fingerprint density at radius 2 is 1.43 bits per heavy atom. The number of carbonyl (C=O) groups excluding carboxylic acids is 6. The van der Waals surface area contributed by atoms with E-state index in [4.69, 9.17) is 33.2 Å². The zero-order valence-corrected chi connectivity index (χ0v) is 22.6. The quantitative estimate of drug-likeness (QED) is 0.264. The summed E-state index contributed by atoms with van der Waals surface area (Å²) < 4.78 is 37.9. The lowest BCUT2D eigenvalue weighted by atomic mass is 9.98. The molecule has 1 aliphatic heterocycles. The highest BCUT2D eigenvalue weighted by atomic mass is 16.7. The Hall–Kier alpha value is -4.46. The van der Waals surface area contributed by atoms with Crippen LogP contribution in [-0.2, 0) is 47.6 Å². The molecule has 0 amide bonds. The molecule has 40 heavy (non-hydrogen) atoms. The molecule has 1 N–H and O–H groups in total. The average molecular weight is 564 g/mol. The summed E-state index contributed by atoms with van der Waals surface area (Å²) in [7, 11) is 1.21. The number of methoxy groups -OCH3 is 1. The fourth-order valence-corrected chi connectivity index (χ4v) is 4.26. The van der Waals surface area contributed by atoms with Gasteiger partial charge < -0.3 is 38.1 Å². The summed E-state index contributed by atoms with van der Waals surface area (Å²) >= 11 is 0. The molecular weight excluding hydrogens is 534 g/mol. The van der Waals surface area contributed by atoms with Gasteiger partial charge in [-0.05, 0) is 25.1 Å². The summed E-state index contributed by atoms with van der Waals surface area (Å²) in [6, 6.07) is 4.49. The highest BCUT2D eigenvalue weighted by molar-refractivity contribution is 6.09. The number of benzene rings is 1. The van der Waals surface area contributed by atoms with E-state index in [1.165, 1.54) is 26.2 Å². The molecule has 0 spiro atoms. The molecule has 5 atom stereocenters. The fourth-order valence-electron chi connectivity index (χ4n) is 4.26. The molecule has 1 aromatic heterocycles. The van der Waals surface area contributed by atoms with Crippen LogP contribution in [0.2, 0.25) is 0 Å². The summed E-state index contributed by atoms with van der Waals surface area (Å²) in [6.45, 7) is 5.26. The first kappa shape index (κ1) is 30.1. The maximum absolute atomic E-state index is 12.7. The Morgan fingerprint density at radius 1 is 0.825 bits per heavy atom. The van der Waals surface area contributed by atoms with Gasteiger partial charge in [-0.1, -0.05) is 0 Å². The van der Waals surface area contributed by atoms with Gasteiger partial charge in [-0.15, -0.1) is 0 Å². The molecule has 216 valence electrons. The van der Waals surface area contributed by atoms with E-state index in [1.54, 1.807) is 6.07 Å². The van der Waals surface area contributed by atoms with Crippen molar-refractivity contribution in [2.75, 3.05) is 13.7 Å². The Balaban J connectivity index is 2.12. The lowest BCUT2D eigenvalue weighted by molar-refractivity contribution is -0.288. The molecule has 2 aromatic rings. The fraction of sp³-hybridized carbons (Fsp3) is 0.462. The van der Waals surface area contributed by atoms with Crippen molar-refractivity contribution in [3.63, 3.8) is 0 Å². The van der Waals surface area contributed by atoms with Gasteiger partial charge in [0.05, 0.1) is 18.2 Å². The van der Waals surface area contributed by atoms with Crippen molar-refractivity contribution >= 4 is 46.5 Å². The SMILES string of the molecule is COC(=O)c1cc2ccc(O[C@@H]3O[C@H](COC(C)=O)[C@H](OC(C)=O)C(OC(C)=O)[C@H]3OC(C)=O)c(C(C)=O)c2[nH]1. The van der Waals surface area contributed by atoms with E-state index in [1.807, 2.05) is 0 Å². The molecule has 2 heterocycles. The maximum Gasteiger partial charge on any atom is 0.354 e. The van der Waals surface area contributed by atoms with Crippen LogP contribution in [0.25, 0.3) is 10.9 Å². The third kappa shape index (κ3) is 6.94. The maximum atomic E-state index is 12.7. The highest BCUT2D eigenvalue weighted by Crippen LogP contribution is 2.34. The third-order valence-electron chi connectivity index (χ3n) is 5.71. The minimum Gasteiger partial charge on any atom is -0.464 e. The number of fused-ring (bicyclic) bond motifs is 1. The molecule has 1 saturated heterocycles. The zero-order valence-electron chi connectivity index (χ0n) is 22.6. The van der Waals surface area contributed by atoms with Gasteiger partial charge in [0.2, 0.25) is 12.4 Å². The monoisotopic (exact) mass is 563 g/mol. The number of hydrogen-bond acceptors (Lipinski definition) is 13. The number of hydrogen-bond donors (Lipinski definition) is 1. The zero-order chi connectivity index (χ0) is 29.7. The van der Waals surface area contributed by atoms with Crippen LogP contribution in [0.5, 0.6) is 5.75 Å². The second-order valence-corrected chi connectivity index (χ2v) is 8.82. The number of ketones is 1. The van der Waals surface area contributed by atoms with Crippen LogP contribution >= 0.6 is 0 Å². The minimum atomic E-state index is -1.55. The van der Waals surface area contributed by atoms with Crippen LogP contribution in [0.15, 0.2) is 18.2 Å².